The van der Waals surface area contributed by atoms with Gasteiger partial charge in [-0.05, 0) is 60.5 Å². The van der Waals surface area contributed by atoms with E-state index in [9.17, 15) is 18.0 Å². The van der Waals surface area contributed by atoms with Crippen LogP contribution in [0.25, 0.3) is 0 Å². The van der Waals surface area contributed by atoms with Crippen molar-refractivity contribution in [3.05, 3.63) is 94.8 Å². The maximum absolute atomic E-state index is 13.3. The Morgan fingerprint density at radius 3 is 2.52 bits per heavy atom. The van der Waals surface area contributed by atoms with Crippen LogP contribution in [0, 0.1) is 6.92 Å². The van der Waals surface area contributed by atoms with Crippen LogP contribution < -0.4 is 14.4 Å². The van der Waals surface area contributed by atoms with E-state index in [0.717, 1.165) is 40.5 Å². The summed E-state index contributed by atoms with van der Waals surface area (Å²) in [5.74, 6) is 1.73. The van der Waals surface area contributed by atoms with Crippen LogP contribution in [0.3, 0.4) is 0 Å². The normalized spacial score (nSPS) is 13.8. The molecule has 3 aromatic carbocycles. The lowest BCUT2D eigenvalue weighted by Crippen LogP contribution is -2.48. The van der Waals surface area contributed by atoms with Gasteiger partial charge in [-0.25, -0.2) is 0 Å². The van der Waals surface area contributed by atoms with E-state index < -0.39 is 11.7 Å². The first kappa shape index (κ1) is 27.4. The van der Waals surface area contributed by atoms with Crippen molar-refractivity contribution in [3.8, 4) is 16.7 Å². The molecule has 0 radical (unpaired) electrons. The van der Waals surface area contributed by atoms with Crippen molar-refractivity contribution >= 4 is 23.1 Å². The lowest BCUT2D eigenvalue weighted by molar-refractivity contribution is -0.137. The summed E-state index contributed by atoms with van der Waals surface area (Å²) in [6.45, 7) is 3.54. The van der Waals surface area contributed by atoms with E-state index in [1.807, 2.05) is 42.2 Å². The van der Waals surface area contributed by atoms with Crippen LogP contribution in [0.15, 0.2) is 66.7 Å². The highest BCUT2D eigenvalue weighted by atomic mass is 32.1. The zero-order valence-corrected chi connectivity index (χ0v) is 22.8. The predicted molar refractivity (Wildman–Crippen MR) is 147 cm³/mol. The molecule has 40 heavy (non-hydrogen) atoms. The maximum atomic E-state index is 13.3. The lowest BCUT2D eigenvalue weighted by atomic mass is 10.1. The lowest BCUT2D eigenvalue weighted by Gasteiger charge is -2.36. The summed E-state index contributed by atoms with van der Waals surface area (Å²) < 4.78 is 55.0. The van der Waals surface area contributed by atoms with Crippen LogP contribution in [-0.4, -0.2) is 53.5 Å². The van der Waals surface area contributed by atoms with Gasteiger partial charge in [0.05, 0.1) is 12.7 Å². The molecular weight excluding hydrogens is 541 g/mol. The summed E-state index contributed by atoms with van der Waals surface area (Å²) in [4.78, 5) is 21.3. The zero-order chi connectivity index (χ0) is 28.3. The molecule has 0 spiro atoms. The molecule has 0 atom stereocenters. The van der Waals surface area contributed by atoms with Crippen molar-refractivity contribution in [2.24, 2.45) is 0 Å². The van der Waals surface area contributed by atoms with Gasteiger partial charge in [-0.15, -0.1) is 0 Å². The highest BCUT2D eigenvalue weighted by molar-refractivity contribution is 7.07. The van der Waals surface area contributed by atoms with Crippen molar-refractivity contribution in [3.63, 3.8) is 0 Å². The second-order valence-corrected chi connectivity index (χ2v) is 10.1. The number of methoxy groups -OCH3 is 1. The summed E-state index contributed by atoms with van der Waals surface area (Å²) in [6.07, 6.45) is -3.87. The van der Waals surface area contributed by atoms with Crippen LogP contribution in [0.2, 0.25) is 0 Å². The van der Waals surface area contributed by atoms with Gasteiger partial charge in [0.25, 0.3) is 11.1 Å². The Bertz CT molecular complexity index is 1500. The monoisotopic (exact) mass is 568 g/mol. The number of ether oxygens (including phenoxy) is 2. The largest absolute Gasteiger partial charge is 0.497 e. The third kappa shape index (κ3) is 6.36. The van der Waals surface area contributed by atoms with E-state index in [0.29, 0.717) is 60.6 Å². The highest BCUT2D eigenvalue weighted by Gasteiger charge is 2.31. The number of alkyl halides is 3. The molecule has 7 nitrogen and oxygen atoms in total. The Kier molecular flexibility index (Phi) is 7.92. The number of piperazine rings is 1. The van der Waals surface area contributed by atoms with Gasteiger partial charge in [0.1, 0.15) is 11.5 Å². The fourth-order valence-corrected chi connectivity index (χ4v) is 5.04. The Morgan fingerprint density at radius 2 is 1.77 bits per heavy atom. The quantitative estimate of drug-likeness (QED) is 0.264. The molecule has 0 unspecified atom stereocenters. The molecule has 0 aliphatic carbocycles. The van der Waals surface area contributed by atoms with Crippen LogP contribution in [0.1, 0.15) is 32.9 Å². The molecule has 2 heterocycles. The van der Waals surface area contributed by atoms with E-state index in [4.69, 9.17) is 9.47 Å². The van der Waals surface area contributed by atoms with E-state index in [2.05, 4.69) is 9.36 Å². The molecule has 1 aliphatic heterocycles. The number of nitrogens with zero attached hydrogens (tertiary/aromatic N) is 4. The minimum atomic E-state index is -4.40. The second kappa shape index (κ2) is 11.5. The number of anilines is 1. The zero-order valence-electron chi connectivity index (χ0n) is 21.9. The molecule has 1 fully saturated rings. The van der Waals surface area contributed by atoms with E-state index >= 15 is 0 Å². The van der Waals surface area contributed by atoms with Gasteiger partial charge in [0.2, 0.25) is 0 Å². The van der Waals surface area contributed by atoms with E-state index in [1.54, 1.807) is 30.2 Å². The Hall–Kier alpha value is -4.12. The molecule has 1 saturated heterocycles. The first-order valence-corrected chi connectivity index (χ1v) is 13.4. The van der Waals surface area contributed by atoms with Crippen molar-refractivity contribution in [2.75, 3.05) is 38.2 Å². The second-order valence-electron chi connectivity index (χ2n) is 9.41. The SMILES string of the molecule is COc1cccc(Cc2nsc(Oc3cc(C(=O)N4CCN(c5cccc(C(F)(F)F)c5)CC4)ccc3C)n2)c1. The summed E-state index contributed by atoms with van der Waals surface area (Å²) >= 11 is 1.14. The standard InChI is InChI=1S/C29H27F3N4O3S/c1-19-9-10-21(17-25(19)39-28-33-26(34-40-28)16-20-5-3-8-24(15-20)38-2)27(37)36-13-11-35(12-14-36)23-7-4-6-22(18-23)29(30,31)32/h3-10,15,17-18H,11-14,16H2,1-2H3. The van der Waals surface area contributed by atoms with Crippen molar-refractivity contribution in [2.45, 2.75) is 19.5 Å². The fourth-order valence-electron chi connectivity index (χ4n) is 4.48. The van der Waals surface area contributed by atoms with Crippen molar-refractivity contribution in [1.29, 1.82) is 0 Å². The molecule has 0 saturated carbocycles. The van der Waals surface area contributed by atoms with Crippen LogP contribution in [-0.2, 0) is 12.6 Å². The van der Waals surface area contributed by atoms with Crippen molar-refractivity contribution in [1.82, 2.24) is 14.3 Å². The number of carbonyl (C=O) groups is 1. The first-order valence-electron chi connectivity index (χ1n) is 12.6. The van der Waals surface area contributed by atoms with Crippen LogP contribution >= 0.6 is 11.5 Å². The van der Waals surface area contributed by atoms with Gasteiger partial charge in [-0.1, -0.05) is 24.3 Å². The predicted octanol–water partition coefficient (Wildman–Crippen LogP) is 6.22. The first-order chi connectivity index (χ1) is 19.2. The van der Waals surface area contributed by atoms with Crippen LogP contribution in [0.4, 0.5) is 18.9 Å². The number of hydrogen-bond acceptors (Lipinski definition) is 7. The summed E-state index contributed by atoms with van der Waals surface area (Å²) in [5, 5.41) is 0.375. The molecule has 208 valence electrons. The number of carbonyl (C=O) groups excluding carboxylic acids is 1. The Morgan fingerprint density at radius 1 is 1.00 bits per heavy atom. The molecule has 11 heteroatoms. The number of amides is 1. The van der Waals surface area contributed by atoms with Gasteiger partial charge < -0.3 is 19.3 Å². The average Bonchev–Trinajstić information content (AvgIpc) is 3.40. The minimum Gasteiger partial charge on any atom is -0.497 e. The molecule has 4 aromatic rings. The smallest absolute Gasteiger partial charge is 0.416 e. The van der Waals surface area contributed by atoms with Crippen LogP contribution in [0.5, 0.6) is 16.7 Å². The average molecular weight is 569 g/mol. The topological polar surface area (TPSA) is 67.8 Å². The molecule has 1 amide bonds. The minimum absolute atomic E-state index is 0.162. The van der Waals surface area contributed by atoms with Crippen molar-refractivity contribution < 1.29 is 27.4 Å². The number of hydrogen-bond donors (Lipinski definition) is 0. The molecule has 0 N–H and O–H groups in total. The van der Waals surface area contributed by atoms with E-state index in [1.165, 1.54) is 6.07 Å². The van der Waals surface area contributed by atoms with Gasteiger partial charge in [0.15, 0.2) is 5.82 Å². The maximum Gasteiger partial charge on any atom is 0.416 e. The molecule has 1 aliphatic rings. The highest BCUT2D eigenvalue weighted by Crippen LogP contribution is 2.32. The molecule has 1 aromatic heterocycles. The molecule has 5 rings (SSSR count). The fraction of sp³-hybridized carbons (Fsp3) is 0.276. The third-order valence-corrected chi connectivity index (χ3v) is 7.32. The van der Waals surface area contributed by atoms with Gasteiger partial charge in [-0.3, -0.25) is 4.79 Å². The number of benzene rings is 3. The Labute approximate surface area is 234 Å². The molecule has 0 bridgehead atoms. The van der Waals surface area contributed by atoms with E-state index in [-0.39, 0.29) is 5.91 Å². The summed E-state index contributed by atoms with van der Waals surface area (Å²) in [5.41, 5.74) is 2.14. The third-order valence-electron chi connectivity index (χ3n) is 6.68. The van der Waals surface area contributed by atoms with Gasteiger partial charge in [-0.2, -0.15) is 22.5 Å². The number of aryl methyl sites for hydroxylation is 1. The number of aromatic nitrogens is 2. The number of halogens is 3. The van der Waals surface area contributed by atoms with Gasteiger partial charge in [0, 0.05) is 55.4 Å². The van der Waals surface area contributed by atoms with Gasteiger partial charge >= 0.3 is 6.18 Å². The summed E-state index contributed by atoms with van der Waals surface area (Å²) in [7, 11) is 1.62. The number of rotatable bonds is 7. The summed E-state index contributed by atoms with van der Waals surface area (Å²) in [6, 6.07) is 18.2. The molecular formula is C29H27F3N4O3S. The Balaban J connectivity index is 1.22.